The van der Waals surface area contributed by atoms with E-state index in [9.17, 15) is 0 Å². The number of hydrogen-bond acceptors (Lipinski definition) is 1. The van der Waals surface area contributed by atoms with E-state index in [2.05, 4.69) is 0 Å². The van der Waals surface area contributed by atoms with Crippen LogP contribution >= 0.6 is 18.7 Å². The van der Waals surface area contributed by atoms with Crippen LogP contribution < -0.4 is 5.50 Å². The summed E-state index contributed by atoms with van der Waals surface area (Å²) in [6, 6.07) is 0. The lowest BCUT2D eigenvalue weighted by Gasteiger charge is -2.02. The largest absolute Gasteiger partial charge is 0.297 e. The lowest BCUT2D eigenvalue weighted by atomic mass is 10.6. The molecule has 0 saturated carbocycles. The maximum absolute atomic E-state index is 5.46. The molecule has 3 heteroatoms. The second-order valence-electron chi connectivity index (χ2n) is 1.44. The third-order valence-electron chi connectivity index (χ3n) is 0.493. The molecule has 0 radical (unpaired) electrons. The minimum absolute atomic E-state index is 0.460. The minimum atomic E-state index is -0.687. The van der Waals surface area contributed by atoms with E-state index in [-0.39, 0.29) is 0 Å². The Bertz CT molecular complexity index is 31.8. The van der Waals surface area contributed by atoms with E-state index in [1.807, 2.05) is 13.8 Å². The normalized spacial score (nSPS) is 15.5. The van der Waals surface area contributed by atoms with Crippen LogP contribution in [0, 0.1) is 0 Å². The summed E-state index contributed by atoms with van der Waals surface area (Å²) in [5.74, 6) is 0. The van der Waals surface area contributed by atoms with Gasteiger partial charge in [0.05, 0.1) is 7.43 Å². The predicted molar refractivity (Wildman–Crippen MR) is 32.1 cm³/mol. The molecule has 0 bridgehead atoms. The van der Waals surface area contributed by atoms with Crippen LogP contribution in [0.2, 0.25) is 0 Å². The number of rotatable bonds is 1. The Balaban J connectivity index is 2.99. The molecule has 0 saturated heterocycles. The smallest absolute Gasteiger partial charge is 0.0597 e. The Labute approximate surface area is 44.5 Å². The zero-order valence-corrected chi connectivity index (χ0v) is 5.63. The van der Waals surface area contributed by atoms with Crippen LogP contribution in [0.15, 0.2) is 0 Å². The SMILES string of the molecule is CC(C)P(N)Cl. The van der Waals surface area contributed by atoms with Crippen LogP contribution in [0.5, 0.6) is 0 Å². The van der Waals surface area contributed by atoms with Crippen molar-refractivity contribution in [2.75, 3.05) is 0 Å². The van der Waals surface area contributed by atoms with Gasteiger partial charge in [-0.25, -0.2) is 0 Å². The molecule has 0 aromatic rings. The Morgan fingerprint density at radius 2 is 1.83 bits per heavy atom. The molecule has 0 aromatic carbocycles. The Morgan fingerprint density at radius 1 is 1.67 bits per heavy atom. The van der Waals surface area contributed by atoms with E-state index in [4.69, 9.17) is 16.7 Å². The lowest BCUT2D eigenvalue weighted by Crippen LogP contribution is -1.93. The molecule has 0 amide bonds. The van der Waals surface area contributed by atoms with E-state index in [0.717, 1.165) is 0 Å². The van der Waals surface area contributed by atoms with Crippen molar-refractivity contribution in [2.45, 2.75) is 19.5 Å². The Morgan fingerprint density at radius 3 is 1.83 bits per heavy atom. The van der Waals surface area contributed by atoms with Crippen LogP contribution in [-0.4, -0.2) is 5.66 Å². The van der Waals surface area contributed by atoms with Gasteiger partial charge in [-0.05, 0) is 0 Å². The third-order valence-corrected chi connectivity index (χ3v) is 2.65. The standard InChI is InChI=1S/C3H9ClNP/c1-3(2)6(4)5/h3H,5H2,1-2H3. The molecule has 0 aromatic heterocycles. The summed E-state index contributed by atoms with van der Waals surface area (Å²) >= 11 is 5.46. The average Bonchev–Trinajstić information content (AvgIpc) is 1.36. The van der Waals surface area contributed by atoms with Gasteiger partial charge in [-0.1, -0.05) is 25.1 Å². The molecule has 0 rings (SSSR count). The third kappa shape index (κ3) is 2.89. The highest BCUT2D eigenvalue weighted by Gasteiger charge is 1.98. The zero-order valence-electron chi connectivity index (χ0n) is 3.98. The summed E-state index contributed by atoms with van der Waals surface area (Å²) in [7, 11) is -0.687. The van der Waals surface area contributed by atoms with Gasteiger partial charge in [0.2, 0.25) is 0 Å². The van der Waals surface area contributed by atoms with E-state index in [1.165, 1.54) is 0 Å². The summed E-state index contributed by atoms with van der Waals surface area (Å²) in [6.45, 7) is 4.03. The fraction of sp³-hybridized carbons (Fsp3) is 1.00. The molecular formula is C3H9ClNP. The summed E-state index contributed by atoms with van der Waals surface area (Å²) in [5, 5.41) is 0. The first-order chi connectivity index (χ1) is 2.64. The first-order valence-electron chi connectivity index (χ1n) is 1.84. The molecule has 0 fully saturated rings. The molecule has 2 N–H and O–H groups in total. The number of halogens is 1. The van der Waals surface area contributed by atoms with Gasteiger partial charge >= 0.3 is 0 Å². The van der Waals surface area contributed by atoms with Crippen LogP contribution in [0.1, 0.15) is 13.8 Å². The van der Waals surface area contributed by atoms with Crippen molar-refractivity contribution >= 4 is 18.7 Å². The van der Waals surface area contributed by atoms with Gasteiger partial charge in [0.25, 0.3) is 0 Å². The first-order valence-corrected chi connectivity index (χ1v) is 4.23. The van der Waals surface area contributed by atoms with Crippen molar-refractivity contribution in [3.63, 3.8) is 0 Å². The van der Waals surface area contributed by atoms with Crippen molar-refractivity contribution < 1.29 is 0 Å². The number of hydrogen-bond donors (Lipinski definition) is 1. The minimum Gasteiger partial charge on any atom is -0.297 e. The molecule has 1 atom stereocenters. The fourth-order valence-corrected chi connectivity index (χ4v) is 0. The van der Waals surface area contributed by atoms with Crippen LogP contribution in [0.4, 0.5) is 0 Å². The molecule has 0 aliphatic rings. The van der Waals surface area contributed by atoms with Gasteiger partial charge in [-0.15, -0.1) is 0 Å². The highest BCUT2D eigenvalue weighted by atomic mass is 35.7. The second kappa shape index (κ2) is 2.79. The summed E-state index contributed by atoms with van der Waals surface area (Å²) in [6.07, 6.45) is 0. The molecule has 1 unspecified atom stereocenters. The van der Waals surface area contributed by atoms with Crippen LogP contribution in [0.25, 0.3) is 0 Å². The Kier molecular flexibility index (Phi) is 3.10. The van der Waals surface area contributed by atoms with Crippen molar-refractivity contribution in [2.24, 2.45) is 5.50 Å². The average molecular weight is 126 g/mol. The topological polar surface area (TPSA) is 26.0 Å². The van der Waals surface area contributed by atoms with Gasteiger partial charge in [0, 0.05) is 5.66 Å². The summed E-state index contributed by atoms with van der Waals surface area (Å²) in [4.78, 5) is 0. The van der Waals surface area contributed by atoms with Crippen molar-refractivity contribution in [1.82, 2.24) is 0 Å². The van der Waals surface area contributed by atoms with Gasteiger partial charge in [-0.2, -0.15) is 0 Å². The summed E-state index contributed by atoms with van der Waals surface area (Å²) in [5.41, 5.74) is 5.73. The van der Waals surface area contributed by atoms with Gasteiger partial charge in [0.1, 0.15) is 0 Å². The van der Waals surface area contributed by atoms with Crippen molar-refractivity contribution in [3.05, 3.63) is 0 Å². The highest BCUT2D eigenvalue weighted by Crippen LogP contribution is 2.36. The van der Waals surface area contributed by atoms with E-state index in [0.29, 0.717) is 5.66 Å². The molecule has 1 nitrogen and oxygen atoms in total. The number of nitrogens with two attached hydrogens (primary N) is 1. The van der Waals surface area contributed by atoms with E-state index >= 15 is 0 Å². The van der Waals surface area contributed by atoms with Gasteiger partial charge in [-0.3, -0.25) is 5.50 Å². The zero-order chi connectivity index (χ0) is 5.15. The molecular weight excluding hydrogens is 116 g/mol. The molecule has 0 spiro atoms. The van der Waals surface area contributed by atoms with E-state index in [1.54, 1.807) is 0 Å². The Hall–Kier alpha value is 0.680. The molecule has 0 aliphatic carbocycles. The molecule has 6 heavy (non-hydrogen) atoms. The molecule has 0 aliphatic heterocycles. The van der Waals surface area contributed by atoms with Crippen molar-refractivity contribution in [1.29, 1.82) is 0 Å². The quantitative estimate of drug-likeness (QED) is 0.533. The fourth-order valence-electron chi connectivity index (χ4n) is 0. The maximum Gasteiger partial charge on any atom is 0.0597 e. The van der Waals surface area contributed by atoms with Crippen molar-refractivity contribution in [3.8, 4) is 0 Å². The monoisotopic (exact) mass is 125 g/mol. The van der Waals surface area contributed by atoms with Gasteiger partial charge in [0.15, 0.2) is 0 Å². The van der Waals surface area contributed by atoms with Crippen LogP contribution in [-0.2, 0) is 0 Å². The highest BCUT2D eigenvalue weighted by molar-refractivity contribution is 7.82. The molecule has 38 valence electrons. The predicted octanol–water partition coefficient (Wildman–Crippen LogP) is 1.90. The molecule has 0 heterocycles. The second-order valence-corrected chi connectivity index (χ2v) is 4.33. The van der Waals surface area contributed by atoms with Crippen LogP contribution in [0.3, 0.4) is 0 Å². The summed E-state index contributed by atoms with van der Waals surface area (Å²) < 4.78 is 0. The maximum atomic E-state index is 5.46. The first kappa shape index (κ1) is 6.68. The lowest BCUT2D eigenvalue weighted by molar-refractivity contribution is 1.10. The van der Waals surface area contributed by atoms with E-state index < -0.39 is 7.43 Å². The van der Waals surface area contributed by atoms with Gasteiger partial charge < -0.3 is 0 Å².